The van der Waals surface area contributed by atoms with Crippen LogP contribution >= 0.6 is 0 Å². The van der Waals surface area contributed by atoms with E-state index >= 15 is 0 Å². The summed E-state index contributed by atoms with van der Waals surface area (Å²) in [5, 5.41) is 4.68. The number of nitrogens with one attached hydrogen (secondary N) is 1. The predicted octanol–water partition coefficient (Wildman–Crippen LogP) is 2.56. The molecule has 0 radical (unpaired) electrons. The van der Waals surface area contributed by atoms with Crippen molar-refractivity contribution in [2.45, 2.75) is 38.8 Å². The minimum absolute atomic E-state index is 0.114. The van der Waals surface area contributed by atoms with E-state index in [9.17, 15) is 4.79 Å². The normalized spacial score (nSPS) is 16.7. The number of hydrogen-bond donors (Lipinski definition) is 1. The molecule has 0 saturated heterocycles. The molecule has 2 heterocycles. The highest BCUT2D eigenvalue weighted by Gasteiger charge is 2.27. The lowest BCUT2D eigenvalue weighted by atomic mass is 10.1. The highest BCUT2D eigenvalue weighted by atomic mass is 16.1. The van der Waals surface area contributed by atoms with Crippen LogP contribution in [0.1, 0.15) is 42.8 Å². The molecule has 0 fully saturated rings. The SMILES string of the molecule is CCCN(Cc1nc2c(cnn2C)c(=O)[nH]1)[C@@H]1CCc2ccccc21. The lowest BCUT2D eigenvalue weighted by Crippen LogP contribution is -2.30. The van der Waals surface area contributed by atoms with Gasteiger partial charge in [0.2, 0.25) is 0 Å². The second-order valence-electron chi connectivity index (χ2n) is 6.74. The number of aromatic nitrogens is 4. The van der Waals surface area contributed by atoms with E-state index in [0.717, 1.165) is 25.8 Å². The van der Waals surface area contributed by atoms with Gasteiger partial charge >= 0.3 is 0 Å². The third-order valence-electron chi connectivity index (χ3n) is 5.06. The minimum atomic E-state index is -0.114. The van der Waals surface area contributed by atoms with Crippen LogP contribution in [0.25, 0.3) is 11.0 Å². The third-order valence-corrected chi connectivity index (χ3v) is 5.06. The predicted molar refractivity (Wildman–Crippen MR) is 97.3 cm³/mol. The maximum atomic E-state index is 12.3. The zero-order valence-electron chi connectivity index (χ0n) is 14.7. The smallest absolute Gasteiger partial charge is 0.262 e. The molecule has 0 spiro atoms. The van der Waals surface area contributed by atoms with Crippen LogP contribution in [-0.4, -0.2) is 31.2 Å². The number of nitrogens with zero attached hydrogens (tertiary/aromatic N) is 4. The topological polar surface area (TPSA) is 66.8 Å². The number of benzene rings is 1. The molecule has 6 nitrogen and oxygen atoms in total. The summed E-state index contributed by atoms with van der Waals surface area (Å²) in [5.74, 6) is 0.707. The van der Waals surface area contributed by atoms with Crippen molar-refractivity contribution in [2.75, 3.05) is 6.54 Å². The zero-order valence-corrected chi connectivity index (χ0v) is 14.7. The summed E-state index contributed by atoms with van der Waals surface area (Å²) in [5.41, 5.74) is 3.38. The molecule has 6 heteroatoms. The molecular formula is C19H23N5O. The van der Waals surface area contributed by atoms with Gasteiger partial charge in [-0.15, -0.1) is 0 Å². The van der Waals surface area contributed by atoms with Crippen LogP contribution in [0.15, 0.2) is 35.3 Å². The summed E-state index contributed by atoms with van der Waals surface area (Å²) in [6.45, 7) is 3.81. The van der Waals surface area contributed by atoms with E-state index in [4.69, 9.17) is 0 Å². The Kier molecular flexibility index (Phi) is 4.13. The molecule has 1 atom stereocenters. The van der Waals surface area contributed by atoms with Gasteiger partial charge in [0.25, 0.3) is 5.56 Å². The first kappa shape index (κ1) is 16.0. The van der Waals surface area contributed by atoms with Crippen LogP contribution in [-0.2, 0) is 20.0 Å². The number of hydrogen-bond acceptors (Lipinski definition) is 4. The van der Waals surface area contributed by atoms with Crippen molar-refractivity contribution in [1.29, 1.82) is 0 Å². The lowest BCUT2D eigenvalue weighted by Gasteiger charge is -2.28. The molecule has 0 bridgehead atoms. The Morgan fingerprint density at radius 1 is 1.36 bits per heavy atom. The Labute approximate surface area is 146 Å². The van der Waals surface area contributed by atoms with Crippen molar-refractivity contribution in [2.24, 2.45) is 7.05 Å². The number of H-pyrrole nitrogens is 1. The van der Waals surface area contributed by atoms with Crippen molar-refractivity contribution < 1.29 is 0 Å². The lowest BCUT2D eigenvalue weighted by molar-refractivity contribution is 0.183. The van der Waals surface area contributed by atoms with Crippen molar-refractivity contribution in [3.8, 4) is 0 Å². The van der Waals surface area contributed by atoms with E-state index in [1.807, 2.05) is 7.05 Å². The fraction of sp³-hybridized carbons (Fsp3) is 0.421. The molecule has 4 rings (SSSR count). The molecule has 2 aromatic heterocycles. The van der Waals surface area contributed by atoms with Crippen LogP contribution in [0, 0.1) is 0 Å². The minimum Gasteiger partial charge on any atom is -0.309 e. The molecular weight excluding hydrogens is 314 g/mol. The Morgan fingerprint density at radius 2 is 2.20 bits per heavy atom. The van der Waals surface area contributed by atoms with E-state index in [-0.39, 0.29) is 5.56 Å². The van der Waals surface area contributed by atoms with Crippen LogP contribution in [0.2, 0.25) is 0 Å². The maximum Gasteiger partial charge on any atom is 0.262 e. The zero-order chi connectivity index (χ0) is 17.4. The van der Waals surface area contributed by atoms with Crippen molar-refractivity contribution >= 4 is 11.0 Å². The monoisotopic (exact) mass is 337 g/mol. The molecule has 1 N–H and O–H groups in total. The molecule has 1 aliphatic rings. The second kappa shape index (κ2) is 6.44. The summed E-state index contributed by atoms with van der Waals surface area (Å²) >= 11 is 0. The van der Waals surface area contributed by atoms with E-state index in [1.165, 1.54) is 11.1 Å². The summed E-state index contributed by atoms with van der Waals surface area (Å²) in [4.78, 5) is 22.3. The summed E-state index contributed by atoms with van der Waals surface area (Å²) in [6, 6.07) is 9.07. The summed E-state index contributed by atoms with van der Waals surface area (Å²) in [6.07, 6.45) is 4.88. The molecule has 0 unspecified atom stereocenters. The number of rotatable bonds is 5. The van der Waals surface area contributed by atoms with Gasteiger partial charge in [-0.25, -0.2) is 4.98 Å². The molecule has 3 aromatic rings. The van der Waals surface area contributed by atoms with Gasteiger partial charge in [0.15, 0.2) is 5.65 Å². The van der Waals surface area contributed by atoms with Crippen LogP contribution < -0.4 is 5.56 Å². The summed E-state index contributed by atoms with van der Waals surface area (Å²) in [7, 11) is 1.82. The van der Waals surface area contributed by atoms with Gasteiger partial charge in [0, 0.05) is 13.1 Å². The Balaban J connectivity index is 1.67. The molecule has 130 valence electrons. The molecule has 0 saturated carbocycles. The van der Waals surface area contributed by atoms with E-state index in [0.29, 0.717) is 29.4 Å². The maximum absolute atomic E-state index is 12.3. The molecule has 25 heavy (non-hydrogen) atoms. The number of aromatic amines is 1. The van der Waals surface area contributed by atoms with E-state index < -0.39 is 0 Å². The van der Waals surface area contributed by atoms with Crippen LogP contribution in [0.3, 0.4) is 0 Å². The van der Waals surface area contributed by atoms with E-state index in [2.05, 4.69) is 51.2 Å². The third kappa shape index (κ3) is 2.87. The van der Waals surface area contributed by atoms with Crippen molar-refractivity contribution in [3.05, 3.63) is 57.8 Å². The molecule has 0 aliphatic heterocycles. The van der Waals surface area contributed by atoms with Crippen LogP contribution in [0.4, 0.5) is 0 Å². The molecule has 0 amide bonds. The summed E-state index contributed by atoms with van der Waals surface area (Å²) < 4.78 is 1.66. The van der Waals surface area contributed by atoms with Gasteiger partial charge in [0.1, 0.15) is 11.2 Å². The van der Waals surface area contributed by atoms with Gasteiger partial charge in [-0.3, -0.25) is 14.4 Å². The molecule has 1 aromatic carbocycles. The standard InChI is InChI=1S/C19H23N5O/c1-3-10-24(16-9-8-13-6-4-5-7-14(13)16)12-17-21-18-15(19(25)22-17)11-20-23(18)2/h4-7,11,16H,3,8-10,12H2,1-2H3,(H,21,22,25)/t16-/m1/s1. The van der Waals surface area contributed by atoms with E-state index in [1.54, 1.807) is 10.9 Å². The second-order valence-corrected chi connectivity index (χ2v) is 6.74. The highest BCUT2D eigenvalue weighted by Crippen LogP contribution is 2.36. The first-order valence-electron chi connectivity index (χ1n) is 8.90. The van der Waals surface area contributed by atoms with Crippen LogP contribution in [0.5, 0.6) is 0 Å². The molecule has 1 aliphatic carbocycles. The van der Waals surface area contributed by atoms with Crippen molar-refractivity contribution in [3.63, 3.8) is 0 Å². The van der Waals surface area contributed by atoms with Gasteiger partial charge in [-0.05, 0) is 36.9 Å². The number of aryl methyl sites for hydroxylation is 2. The average Bonchev–Trinajstić information content (AvgIpc) is 3.19. The average molecular weight is 337 g/mol. The van der Waals surface area contributed by atoms with Gasteiger partial charge in [0.05, 0.1) is 12.7 Å². The fourth-order valence-electron chi connectivity index (χ4n) is 3.89. The quantitative estimate of drug-likeness (QED) is 0.777. The fourth-order valence-corrected chi connectivity index (χ4v) is 3.89. The number of fused-ring (bicyclic) bond motifs is 2. The van der Waals surface area contributed by atoms with Gasteiger partial charge < -0.3 is 4.98 Å². The highest BCUT2D eigenvalue weighted by molar-refractivity contribution is 5.72. The Bertz CT molecular complexity index is 958. The van der Waals surface area contributed by atoms with Gasteiger partial charge in [-0.2, -0.15) is 5.10 Å². The Morgan fingerprint density at radius 3 is 3.04 bits per heavy atom. The van der Waals surface area contributed by atoms with Gasteiger partial charge in [-0.1, -0.05) is 31.2 Å². The van der Waals surface area contributed by atoms with Crippen molar-refractivity contribution in [1.82, 2.24) is 24.6 Å². The first-order valence-corrected chi connectivity index (χ1v) is 8.90. The first-order chi connectivity index (χ1) is 12.2. The Hall–Kier alpha value is -2.47. The largest absolute Gasteiger partial charge is 0.309 e.